The number of piperazine rings is 1. The minimum absolute atomic E-state index is 0.609. The lowest BCUT2D eigenvalue weighted by Crippen LogP contribution is -2.49. The van der Waals surface area contributed by atoms with E-state index in [4.69, 9.17) is 11.6 Å². The number of rotatable bonds is 4. The number of nitrogens with zero attached hydrogens (tertiary/aromatic N) is 4. The highest BCUT2D eigenvalue weighted by atomic mass is 35.5. The third-order valence-electron chi connectivity index (χ3n) is 3.71. The Bertz CT molecular complexity index is 414. The maximum atomic E-state index is 6.22. The van der Waals surface area contributed by atoms with Crippen molar-refractivity contribution in [3.63, 3.8) is 0 Å². The smallest absolute Gasteiger partial charge is 0.137 e. The summed E-state index contributed by atoms with van der Waals surface area (Å²) in [5.74, 6) is 1.03. The van der Waals surface area contributed by atoms with Gasteiger partial charge in [-0.3, -0.25) is 4.90 Å². The Morgan fingerprint density at radius 1 is 1.21 bits per heavy atom. The monoisotopic (exact) mass is 282 g/mol. The van der Waals surface area contributed by atoms with E-state index in [-0.39, 0.29) is 0 Å². The molecular formula is C14H23ClN4. The van der Waals surface area contributed by atoms with Crippen LogP contribution in [0.1, 0.15) is 32.8 Å². The maximum absolute atomic E-state index is 6.22. The molecule has 106 valence electrons. The number of hydrogen-bond acceptors (Lipinski definition) is 4. The molecule has 0 saturated carbocycles. The van der Waals surface area contributed by atoms with E-state index in [1.54, 1.807) is 6.33 Å². The molecule has 0 spiro atoms. The van der Waals surface area contributed by atoms with Crippen molar-refractivity contribution < 1.29 is 0 Å². The van der Waals surface area contributed by atoms with Crippen LogP contribution in [0.2, 0.25) is 5.15 Å². The third kappa shape index (κ3) is 3.37. The zero-order valence-electron chi connectivity index (χ0n) is 12.1. The normalized spacial score (nSPS) is 17.2. The Kier molecular flexibility index (Phi) is 4.99. The van der Waals surface area contributed by atoms with Crippen LogP contribution in [0.3, 0.4) is 0 Å². The van der Waals surface area contributed by atoms with E-state index in [9.17, 15) is 0 Å². The van der Waals surface area contributed by atoms with Gasteiger partial charge in [-0.15, -0.1) is 0 Å². The summed E-state index contributed by atoms with van der Waals surface area (Å²) >= 11 is 6.22. The second kappa shape index (κ2) is 6.53. The fourth-order valence-electron chi connectivity index (χ4n) is 2.57. The van der Waals surface area contributed by atoms with Crippen molar-refractivity contribution in [2.24, 2.45) is 0 Å². The average molecular weight is 283 g/mol. The SMILES string of the molecule is CCCc1c(Cl)ncnc1N1CCN(C(C)C)CC1. The van der Waals surface area contributed by atoms with Crippen LogP contribution in [0.15, 0.2) is 6.33 Å². The Labute approximate surface area is 120 Å². The van der Waals surface area contributed by atoms with Gasteiger partial charge in [0.15, 0.2) is 0 Å². The fourth-order valence-corrected chi connectivity index (χ4v) is 2.79. The molecule has 0 aliphatic carbocycles. The molecule has 0 amide bonds. The Morgan fingerprint density at radius 2 is 1.89 bits per heavy atom. The molecule has 2 heterocycles. The van der Waals surface area contributed by atoms with Gasteiger partial charge in [-0.1, -0.05) is 24.9 Å². The van der Waals surface area contributed by atoms with Gasteiger partial charge in [0.1, 0.15) is 17.3 Å². The van der Waals surface area contributed by atoms with E-state index in [2.05, 4.69) is 40.5 Å². The first-order valence-corrected chi connectivity index (χ1v) is 7.49. The molecule has 0 radical (unpaired) electrons. The molecule has 1 fully saturated rings. The Morgan fingerprint density at radius 3 is 2.47 bits per heavy atom. The largest absolute Gasteiger partial charge is 0.354 e. The van der Waals surface area contributed by atoms with E-state index in [0.717, 1.165) is 50.4 Å². The van der Waals surface area contributed by atoms with Crippen LogP contribution in [0.4, 0.5) is 5.82 Å². The van der Waals surface area contributed by atoms with Crippen LogP contribution >= 0.6 is 11.6 Å². The quantitative estimate of drug-likeness (QED) is 0.795. The van der Waals surface area contributed by atoms with Crippen molar-refractivity contribution in [3.8, 4) is 0 Å². The second-order valence-corrected chi connectivity index (χ2v) is 5.69. The highest BCUT2D eigenvalue weighted by Gasteiger charge is 2.22. The molecule has 2 rings (SSSR count). The summed E-state index contributed by atoms with van der Waals surface area (Å²) < 4.78 is 0. The molecule has 0 atom stereocenters. The van der Waals surface area contributed by atoms with Crippen molar-refractivity contribution in [3.05, 3.63) is 17.0 Å². The molecule has 1 aromatic heterocycles. The molecule has 4 nitrogen and oxygen atoms in total. The van der Waals surface area contributed by atoms with Gasteiger partial charge in [0.05, 0.1) is 0 Å². The molecule has 0 aromatic carbocycles. The maximum Gasteiger partial charge on any atom is 0.137 e. The number of halogens is 1. The summed E-state index contributed by atoms with van der Waals surface area (Å²) in [5, 5.41) is 0.609. The molecular weight excluding hydrogens is 260 g/mol. The zero-order chi connectivity index (χ0) is 13.8. The summed E-state index contributed by atoms with van der Waals surface area (Å²) in [5.41, 5.74) is 1.10. The first kappa shape index (κ1) is 14.5. The van der Waals surface area contributed by atoms with Crippen molar-refractivity contribution in [2.45, 2.75) is 39.7 Å². The Balaban J connectivity index is 2.13. The van der Waals surface area contributed by atoms with Gasteiger partial charge in [-0.2, -0.15) is 0 Å². The van der Waals surface area contributed by atoms with Crippen LogP contribution in [0.25, 0.3) is 0 Å². The fraction of sp³-hybridized carbons (Fsp3) is 0.714. The van der Waals surface area contributed by atoms with E-state index in [1.165, 1.54) is 0 Å². The standard InChI is InChI=1S/C14H23ClN4/c1-4-5-12-13(15)16-10-17-14(12)19-8-6-18(7-9-19)11(2)3/h10-11H,4-9H2,1-3H3. The topological polar surface area (TPSA) is 32.3 Å². The highest BCUT2D eigenvalue weighted by molar-refractivity contribution is 6.30. The molecule has 1 aliphatic rings. The van der Waals surface area contributed by atoms with E-state index in [0.29, 0.717) is 11.2 Å². The summed E-state index contributed by atoms with van der Waals surface area (Å²) in [6.45, 7) is 10.9. The van der Waals surface area contributed by atoms with E-state index in [1.807, 2.05) is 0 Å². The van der Waals surface area contributed by atoms with Crippen molar-refractivity contribution >= 4 is 17.4 Å². The van der Waals surface area contributed by atoms with Crippen LogP contribution in [-0.4, -0.2) is 47.1 Å². The minimum Gasteiger partial charge on any atom is -0.354 e. The summed E-state index contributed by atoms with van der Waals surface area (Å²) in [6.07, 6.45) is 3.58. The van der Waals surface area contributed by atoms with Crippen LogP contribution < -0.4 is 4.90 Å². The zero-order valence-corrected chi connectivity index (χ0v) is 12.8. The van der Waals surface area contributed by atoms with Crippen molar-refractivity contribution in [1.82, 2.24) is 14.9 Å². The van der Waals surface area contributed by atoms with Gasteiger partial charge >= 0.3 is 0 Å². The predicted molar refractivity (Wildman–Crippen MR) is 80.0 cm³/mol. The molecule has 0 bridgehead atoms. The molecule has 1 aromatic rings. The number of anilines is 1. The van der Waals surface area contributed by atoms with Gasteiger partial charge in [0, 0.05) is 37.8 Å². The molecule has 0 unspecified atom stereocenters. The van der Waals surface area contributed by atoms with E-state index < -0.39 is 0 Å². The first-order valence-electron chi connectivity index (χ1n) is 7.11. The van der Waals surface area contributed by atoms with Gasteiger partial charge < -0.3 is 4.90 Å². The van der Waals surface area contributed by atoms with Crippen molar-refractivity contribution in [2.75, 3.05) is 31.1 Å². The lowest BCUT2D eigenvalue weighted by molar-refractivity contribution is 0.209. The lowest BCUT2D eigenvalue weighted by atomic mass is 10.1. The lowest BCUT2D eigenvalue weighted by Gasteiger charge is -2.38. The number of hydrogen-bond donors (Lipinski definition) is 0. The summed E-state index contributed by atoms with van der Waals surface area (Å²) in [7, 11) is 0. The van der Waals surface area contributed by atoms with Gasteiger partial charge in [0.25, 0.3) is 0 Å². The Hall–Kier alpha value is -0.870. The van der Waals surface area contributed by atoms with E-state index >= 15 is 0 Å². The van der Waals surface area contributed by atoms with Gasteiger partial charge in [-0.05, 0) is 20.3 Å². The molecule has 1 aliphatic heterocycles. The molecule has 5 heteroatoms. The van der Waals surface area contributed by atoms with Crippen LogP contribution in [0.5, 0.6) is 0 Å². The van der Waals surface area contributed by atoms with Crippen LogP contribution in [-0.2, 0) is 6.42 Å². The van der Waals surface area contributed by atoms with Gasteiger partial charge in [0.2, 0.25) is 0 Å². The molecule has 0 N–H and O–H groups in total. The predicted octanol–water partition coefficient (Wildman–Crippen LogP) is 2.61. The number of aromatic nitrogens is 2. The average Bonchev–Trinajstić information content (AvgIpc) is 2.41. The highest BCUT2D eigenvalue weighted by Crippen LogP contribution is 2.25. The molecule has 19 heavy (non-hydrogen) atoms. The first-order chi connectivity index (χ1) is 9.13. The second-order valence-electron chi connectivity index (χ2n) is 5.33. The minimum atomic E-state index is 0.609. The summed E-state index contributed by atoms with van der Waals surface area (Å²) in [6, 6.07) is 0.617. The van der Waals surface area contributed by atoms with Crippen LogP contribution in [0, 0.1) is 0 Å². The van der Waals surface area contributed by atoms with Crippen molar-refractivity contribution in [1.29, 1.82) is 0 Å². The summed E-state index contributed by atoms with van der Waals surface area (Å²) in [4.78, 5) is 13.4. The third-order valence-corrected chi connectivity index (χ3v) is 4.04. The van der Waals surface area contributed by atoms with Gasteiger partial charge in [-0.25, -0.2) is 9.97 Å². The molecule has 1 saturated heterocycles.